The highest BCUT2D eigenvalue weighted by Gasteiger charge is 2.69. The van der Waals surface area contributed by atoms with Gasteiger partial charge in [-0.2, -0.15) is 5.26 Å². The van der Waals surface area contributed by atoms with E-state index in [-0.39, 0.29) is 34.2 Å². The number of carbonyl (C=O) groups excluding carboxylic acids is 2. The Morgan fingerprint density at radius 2 is 1.90 bits per heavy atom. The summed E-state index contributed by atoms with van der Waals surface area (Å²) in [4.78, 5) is 42.3. The molecule has 2 fully saturated rings. The Bertz CT molecular complexity index is 1530. The van der Waals surface area contributed by atoms with E-state index < -0.39 is 23.5 Å². The Labute approximate surface area is 243 Å². The number of nitrogens with one attached hydrogen (secondary N) is 2. The fourth-order valence-corrected chi connectivity index (χ4v) is 6.47. The molecule has 3 aromatic rings. The summed E-state index contributed by atoms with van der Waals surface area (Å²) < 4.78 is 0. The molecule has 2 aromatic heterocycles. The second-order valence-corrected chi connectivity index (χ2v) is 12.9. The van der Waals surface area contributed by atoms with E-state index in [0.29, 0.717) is 28.3 Å². The second-order valence-electron chi connectivity index (χ2n) is 12.2. The zero-order valence-electron chi connectivity index (χ0n) is 22.9. The van der Waals surface area contributed by atoms with Crippen molar-refractivity contribution in [3.63, 3.8) is 0 Å². The largest absolute Gasteiger partial charge is 0.355 e. The fourth-order valence-electron chi connectivity index (χ4n) is 6.02. The lowest BCUT2D eigenvalue weighted by Crippen LogP contribution is -2.56. The normalized spacial score (nSPS) is 22.6. The van der Waals surface area contributed by atoms with Crippen molar-refractivity contribution in [2.45, 2.75) is 52.7 Å². The predicted molar refractivity (Wildman–Crippen MR) is 153 cm³/mol. The number of fused-ring (bicyclic) bond motifs is 2. The topological polar surface area (TPSA) is 124 Å². The molecule has 0 bridgehead atoms. The maximum absolute atomic E-state index is 14.1. The molecule has 9 nitrogen and oxygen atoms in total. The quantitative estimate of drug-likeness (QED) is 0.420. The van der Waals surface area contributed by atoms with E-state index in [1.807, 2.05) is 26.8 Å². The number of aromatic nitrogens is 3. The first-order chi connectivity index (χ1) is 18.9. The molecule has 1 aromatic carbocycles. The van der Waals surface area contributed by atoms with E-state index in [1.165, 1.54) is 12.4 Å². The predicted octanol–water partition coefficient (Wildman–Crippen LogP) is 5.02. The van der Waals surface area contributed by atoms with E-state index in [0.717, 1.165) is 5.39 Å². The standard InChI is InChI=1S/C29H31Cl2N7O2/c1-28(2,3)23(37-25-24(31)34-9-10-35-25)27(40)38-14-17-21(29(17,4)5)22(38)26(39)36-19(11-32)16-13-33-12-15-7-6-8-18(30)20(15)16/h6-10,12-13,17,19,21-23H,14H2,1-5H3,(H,35,37)(H,36,39)/t17-,19?,21-,22-,23+/m0/s1. The second kappa shape index (κ2) is 10.2. The molecule has 11 heteroatoms. The maximum atomic E-state index is 14.1. The van der Waals surface area contributed by atoms with Crippen molar-refractivity contribution in [1.29, 1.82) is 5.26 Å². The summed E-state index contributed by atoms with van der Waals surface area (Å²) in [6.07, 6.45) is 6.19. The van der Waals surface area contributed by atoms with Gasteiger partial charge in [-0.1, -0.05) is 70.0 Å². The Hall–Kier alpha value is -3.48. The van der Waals surface area contributed by atoms with Gasteiger partial charge in [-0.3, -0.25) is 14.6 Å². The molecular formula is C29H31Cl2N7O2. The zero-order chi connectivity index (χ0) is 29.0. The molecule has 1 unspecified atom stereocenters. The summed E-state index contributed by atoms with van der Waals surface area (Å²) in [7, 11) is 0. The molecule has 1 aliphatic heterocycles. The maximum Gasteiger partial charge on any atom is 0.246 e. The number of carbonyl (C=O) groups is 2. The first kappa shape index (κ1) is 28.1. The van der Waals surface area contributed by atoms with Crippen LogP contribution in [0.5, 0.6) is 0 Å². The van der Waals surface area contributed by atoms with Gasteiger partial charge in [0.1, 0.15) is 18.1 Å². The number of piperidine rings is 1. The Balaban J connectivity index is 1.45. The molecule has 0 spiro atoms. The first-order valence-corrected chi connectivity index (χ1v) is 13.9. The van der Waals surface area contributed by atoms with Crippen LogP contribution in [0.4, 0.5) is 5.82 Å². The number of amides is 2. The molecular weight excluding hydrogens is 549 g/mol. The summed E-state index contributed by atoms with van der Waals surface area (Å²) in [5.74, 6) is -0.186. The highest BCUT2D eigenvalue weighted by Crippen LogP contribution is 2.65. The van der Waals surface area contributed by atoms with Crippen LogP contribution in [-0.4, -0.2) is 50.3 Å². The van der Waals surface area contributed by atoms with Crippen molar-refractivity contribution < 1.29 is 9.59 Å². The molecule has 1 aliphatic carbocycles. The van der Waals surface area contributed by atoms with E-state index in [1.54, 1.807) is 29.4 Å². The molecule has 0 radical (unpaired) electrons. The summed E-state index contributed by atoms with van der Waals surface area (Å²) in [6.45, 7) is 10.5. The lowest BCUT2D eigenvalue weighted by molar-refractivity contribution is -0.142. The smallest absolute Gasteiger partial charge is 0.246 e. The van der Waals surface area contributed by atoms with Gasteiger partial charge >= 0.3 is 0 Å². The summed E-state index contributed by atoms with van der Waals surface area (Å²) in [5.41, 5.74) is -0.140. The zero-order valence-corrected chi connectivity index (χ0v) is 24.5. The van der Waals surface area contributed by atoms with E-state index in [4.69, 9.17) is 23.2 Å². The van der Waals surface area contributed by atoms with Crippen molar-refractivity contribution in [3.8, 4) is 6.07 Å². The molecule has 1 saturated carbocycles. The number of nitriles is 1. The minimum absolute atomic E-state index is 0.0363. The first-order valence-electron chi connectivity index (χ1n) is 13.1. The molecule has 40 heavy (non-hydrogen) atoms. The molecule has 208 valence electrons. The lowest BCUT2D eigenvalue weighted by Gasteiger charge is -2.38. The highest BCUT2D eigenvalue weighted by atomic mass is 35.5. The Morgan fingerprint density at radius 1 is 1.18 bits per heavy atom. The number of nitrogens with zero attached hydrogens (tertiary/aromatic N) is 5. The van der Waals surface area contributed by atoms with Gasteiger partial charge in [0.25, 0.3) is 0 Å². The van der Waals surface area contributed by atoms with Gasteiger partial charge in [0, 0.05) is 52.7 Å². The molecule has 3 heterocycles. The van der Waals surface area contributed by atoms with Crippen LogP contribution in [0.25, 0.3) is 10.8 Å². The van der Waals surface area contributed by atoms with Crippen LogP contribution >= 0.6 is 23.2 Å². The van der Waals surface area contributed by atoms with Crippen LogP contribution in [-0.2, 0) is 9.59 Å². The van der Waals surface area contributed by atoms with Crippen molar-refractivity contribution in [2.24, 2.45) is 22.7 Å². The monoisotopic (exact) mass is 579 g/mol. The average molecular weight is 581 g/mol. The third-order valence-electron chi connectivity index (χ3n) is 8.30. The number of halogens is 2. The molecule has 5 atom stereocenters. The van der Waals surface area contributed by atoms with Gasteiger partial charge in [-0.05, 0) is 28.7 Å². The Morgan fingerprint density at radius 3 is 2.58 bits per heavy atom. The van der Waals surface area contributed by atoms with Crippen molar-refractivity contribution in [1.82, 2.24) is 25.2 Å². The number of hydrogen-bond donors (Lipinski definition) is 2. The average Bonchev–Trinajstić information content (AvgIpc) is 3.22. The summed E-state index contributed by atoms with van der Waals surface area (Å²) in [5, 5.41) is 18.2. The fraction of sp³-hybridized carbons (Fsp3) is 0.448. The number of rotatable bonds is 6. The van der Waals surface area contributed by atoms with E-state index in [9.17, 15) is 14.9 Å². The van der Waals surface area contributed by atoms with Crippen molar-refractivity contribution in [2.75, 3.05) is 11.9 Å². The van der Waals surface area contributed by atoms with Crippen LogP contribution in [0.15, 0.2) is 43.0 Å². The van der Waals surface area contributed by atoms with Crippen molar-refractivity contribution in [3.05, 3.63) is 58.7 Å². The van der Waals surface area contributed by atoms with Gasteiger partial charge in [0.15, 0.2) is 11.0 Å². The van der Waals surface area contributed by atoms with Crippen LogP contribution in [0.1, 0.15) is 46.2 Å². The molecule has 2 N–H and O–H groups in total. The molecule has 2 amide bonds. The third kappa shape index (κ3) is 4.84. The minimum atomic E-state index is -1.00. The van der Waals surface area contributed by atoms with Crippen LogP contribution in [0, 0.1) is 34.0 Å². The molecule has 5 rings (SSSR count). The summed E-state index contributed by atoms with van der Waals surface area (Å²) in [6, 6.07) is 5.11. The van der Waals surface area contributed by atoms with Gasteiger partial charge in [-0.25, -0.2) is 9.97 Å². The number of pyridine rings is 1. The van der Waals surface area contributed by atoms with Crippen LogP contribution in [0.3, 0.4) is 0 Å². The van der Waals surface area contributed by atoms with E-state index in [2.05, 4.69) is 45.5 Å². The van der Waals surface area contributed by atoms with Crippen LogP contribution < -0.4 is 10.6 Å². The van der Waals surface area contributed by atoms with Crippen molar-refractivity contribution >= 4 is 51.6 Å². The number of hydrogen-bond acceptors (Lipinski definition) is 7. The lowest BCUT2D eigenvalue weighted by atomic mass is 9.85. The van der Waals surface area contributed by atoms with E-state index >= 15 is 0 Å². The Kier molecular flexibility index (Phi) is 7.13. The molecule has 1 saturated heterocycles. The van der Waals surface area contributed by atoms with Gasteiger partial charge in [0.05, 0.1) is 6.07 Å². The number of likely N-dealkylation sites (tertiary alicyclic amines) is 1. The van der Waals surface area contributed by atoms with Gasteiger partial charge in [-0.15, -0.1) is 0 Å². The SMILES string of the molecule is CC(C)(C)[C@H](Nc1nccnc1Cl)C(=O)N1C[C@H]2[C@@H]([C@H]1C(=O)NC(C#N)c1cncc3cccc(Cl)c13)C2(C)C. The number of benzene rings is 1. The minimum Gasteiger partial charge on any atom is -0.355 e. The third-order valence-corrected chi connectivity index (χ3v) is 8.89. The van der Waals surface area contributed by atoms with Gasteiger partial charge in [0.2, 0.25) is 11.8 Å². The molecule has 2 aliphatic rings. The van der Waals surface area contributed by atoms with Gasteiger partial charge < -0.3 is 15.5 Å². The summed E-state index contributed by atoms with van der Waals surface area (Å²) >= 11 is 12.7. The van der Waals surface area contributed by atoms with Crippen LogP contribution in [0.2, 0.25) is 10.2 Å². The number of anilines is 1. The highest BCUT2D eigenvalue weighted by molar-refractivity contribution is 6.35.